The summed E-state index contributed by atoms with van der Waals surface area (Å²) in [7, 11) is -3.04. The van der Waals surface area contributed by atoms with Crippen molar-refractivity contribution in [3.8, 4) is 11.5 Å². The Morgan fingerprint density at radius 3 is 2.06 bits per heavy atom. The summed E-state index contributed by atoms with van der Waals surface area (Å²) in [4.78, 5) is 13.4. The Morgan fingerprint density at radius 1 is 1.06 bits per heavy atom. The molecule has 1 fully saturated rings. The minimum atomic E-state index is -3.04. The van der Waals surface area contributed by atoms with Gasteiger partial charge >= 0.3 is 0 Å². The third-order valence-electron chi connectivity index (χ3n) is 2.78. The van der Waals surface area contributed by atoms with Gasteiger partial charge in [0, 0.05) is 24.7 Å². The molecule has 0 radical (unpaired) electrons. The van der Waals surface area contributed by atoms with E-state index < -0.39 is 15.7 Å². The third kappa shape index (κ3) is 2.73. The first-order valence-corrected chi connectivity index (χ1v) is 7.22. The van der Waals surface area contributed by atoms with Crippen molar-refractivity contribution in [3.05, 3.63) is 23.8 Å². The van der Waals surface area contributed by atoms with E-state index in [1.54, 1.807) is 0 Å². The lowest BCUT2D eigenvalue weighted by Gasteiger charge is -2.26. The summed E-state index contributed by atoms with van der Waals surface area (Å²) in [5, 5.41) is 18.6. The number of carbonyl (C=O) groups is 1. The average Bonchev–Trinajstić information content (AvgIpc) is 2.27. The van der Waals surface area contributed by atoms with Gasteiger partial charge in [0.05, 0.1) is 11.5 Å². The van der Waals surface area contributed by atoms with Crippen LogP contribution in [0.15, 0.2) is 18.2 Å². The number of nitrogens with zero attached hydrogens (tertiary/aromatic N) is 1. The van der Waals surface area contributed by atoms with Gasteiger partial charge < -0.3 is 15.1 Å². The minimum Gasteiger partial charge on any atom is -0.508 e. The molecule has 0 atom stereocenters. The van der Waals surface area contributed by atoms with Crippen molar-refractivity contribution in [2.45, 2.75) is 0 Å². The van der Waals surface area contributed by atoms with Crippen molar-refractivity contribution < 1.29 is 23.4 Å². The standard InChI is InChI=1S/C11H13NO5S/c13-9-5-8(6-10(14)7-9)11(15)12-1-3-18(16,17)4-2-12/h5-7,13-14H,1-4H2. The van der Waals surface area contributed by atoms with Gasteiger partial charge in [0.2, 0.25) is 0 Å². The molecule has 1 saturated heterocycles. The van der Waals surface area contributed by atoms with E-state index in [1.165, 1.54) is 17.0 Å². The van der Waals surface area contributed by atoms with Crippen molar-refractivity contribution in [2.24, 2.45) is 0 Å². The number of aromatic hydroxyl groups is 2. The number of benzene rings is 1. The van der Waals surface area contributed by atoms with Crippen LogP contribution in [0, 0.1) is 0 Å². The Labute approximate surface area is 104 Å². The SMILES string of the molecule is O=C(c1cc(O)cc(O)c1)N1CCS(=O)(=O)CC1. The fraction of sp³-hybridized carbons (Fsp3) is 0.364. The maximum Gasteiger partial charge on any atom is 0.254 e. The Balaban J connectivity index is 2.17. The van der Waals surface area contributed by atoms with Crippen LogP contribution in [0.1, 0.15) is 10.4 Å². The summed E-state index contributed by atoms with van der Waals surface area (Å²) in [5.74, 6) is -0.908. The van der Waals surface area contributed by atoms with Crippen LogP contribution in [0.2, 0.25) is 0 Å². The van der Waals surface area contributed by atoms with Crippen LogP contribution in [0.4, 0.5) is 0 Å². The second kappa shape index (κ2) is 4.49. The highest BCUT2D eigenvalue weighted by Gasteiger charge is 2.26. The highest BCUT2D eigenvalue weighted by molar-refractivity contribution is 7.91. The van der Waals surface area contributed by atoms with Gasteiger partial charge in [-0.05, 0) is 12.1 Å². The normalized spacial score (nSPS) is 18.6. The molecule has 1 aromatic carbocycles. The molecule has 0 bridgehead atoms. The van der Waals surface area contributed by atoms with Gasteiger partial charge in [-0.25, -0.2) is 8.42 Å². The van der Waals surface area contributed by atoms with Crippen LogP contribution in [-0.2, 0) is 9.84 Å². The van der Waals surface area contributed by atoms with Gasteiger partial charge in [0.15, 0.2) is 9.84 Å². The molecule has 98 valence electrons. The number of sulfone groups is 1. The van der Waals surface area contributed by atoms with Crippen LogP contribution >= 0.6 is 0 Å². The topological polar surface area (TPSA) is 94.9 Å². The average molecular weight is 271 g/mol. The first-order chi connectivity index (χ1) is 8.37. The Hall–Kier alpha value is -1.76. The smallest absolute Gasteiger partial charge is 0.254 e. The molecule has 2 rings (SSSR count). The predicted molar refractivity (Wildman–Crippen MR) is 64.3 cm³/mol. The fourth-order valence-electron chi connectivity index (χ4n) is 1.82. The highest BCUT2D eigenvalue weighted by atomic mass is 32.2. The molecule has 1 amide bonds. The zero-order valence-corrected chi connectivity index (χ0v) is 10.4. The zero-order valence-electron chi connectivity index (χ0n) is 9.54. The van der Waals surface area contributed by atoms with Crippen molar-refractivity contribution in [3.63, 3.8) is 0 Å². The Bertz CT molecular complexity index is 547. The monoisotopic (exact) mass is 271 g/mol. The van der Waals surface area contributed by atoms with Crippen molar-refractivity contribution in [1.82, 2.24) is 4.90 Å². The molecule has 1 heterocycles. The van der Waals surface area contributed by atoms with Crippen LogP contribution in [0.25, 0.3) is 0 Å². The fourth-order valence-corrected chi connectivity index (χ4v) is 3.02. The molecule has 2 N–H and O–H groups in total. The second-order valence-electron chi connectivity index (χ2n) is 4.18. The van der Waals surface area contributed by atoms with E-state index in [0.29, 0.717) is 0 Å². The number of carbonyl (C=O) groups excluding carboxylic acids is 1. The summed E-state index contributed by atoms with van der Waals surface area (Å²) < 4.78 is 22.5. The van der Waals surface area contributed by atoms with E-state index in [2.05, 4.69) is 0 Å². The predicted octanol–water partition coefficient (Wildman–Crippen LogP) is -0.0316. The van der Waals surface area contributed by atoms with Crippen molar-refractivity contribution in [2.75, 3.05) is 24.6 Å². The molecular weight excluding hydrogens is 258 g/mol. The maximum absolute atomic E-state index is 12.0. The summed E-state index contributed by atoms with van der Waals surface area (Å²) in [6.07, 6.45) is 0. The molecule has 6 nitrogen and oxygen atoms in total. The molecule has 1 aliphatic heterocycles. The van der Waals surface area contributed by atoms with E-state index in [1.807, 2.05) is 0 Å². The third-order valence-corrected chi connectivity index (χ3v) is 4.39. The van der Waals surface area contributed by atoms with Gasteiger partial charge in [-0.15, -0.1) is 0 Å². The largest absolute Gasteiger partial charge is 0.508 e. The summed E-state index contributed by atoms with van der Waals surface area (Å²) in [6, 6.07) is 3.60. The van der Waals surface area contributed by atoms with Crippen LogP contribution < -0.4 is 0 Å². The number of hydrogen-bond acceptors (Lipinski definition) is 5. The van der Waals surface area contributed by atoms with Gasteiger partial charge in [-0.3, -0.25) is 4.79 Å². The van der Waals surface area contributed by atoms with Gasteiger partial charge in [0.1, 0.15) is 11.5 Å². The molecule has 0 aliphatic carbocycles. The van der Waals surface area contributed by atoms with Crippen LogP contribution in [0.5, 0.6) is 11.5 Å². The lowest BCUT2D eigenvalue weighted by Crippen LogP contribution is -2.43. The van der Waals surface area contributed by atoms with E-state index in [0.717, 1.165) is 6.07 Å². The number of phenols is 2. The Kier molecular flexibility index (Phi) is 3.16. The molecule has 0 aromatic heterocycles. The first-order valence-electron chi connectivity index (χ1n) is 5.40. The maximum atomic E-state index is 12.0. The van der Waals surface area contributed by atoms with E-state index in [9.17, 15) is 23.4 Å². The molecule has 0 unspecified atom stereocenters. The second-order valence-corrected chi connectivity index (χ2v) is 6.49. The van der Waals surface area contributed by atoms with Gasteiger partial charge in [-0.1, -0.05) is 0 Å². The summed E-state index contributed by atoms with van der Waals surface area (Å²) in [5.41, 5.74) is 0.145. The highest BCUT2D eigenvalue weighted by Crippen LogP contribution is 2.22. The van der Waals surface area contributed by atoms with E-state index >= 15 is 0 Å². The van der Waals surface area contributed by atoms with E-state index in [4.69, 9.17) is 0 Å². The molecule has 0 saturated carbocycles. The van der Waals surface area contributed by atoms with Gasteiger partial charge in [0.25, 0.3) is 5.91 Å². The zero-order chi connectivity index (χ0) is 13.3. The number of phenolic OH excluding ortho intramolecular Hbond substituents is 2. The van der Waals surface area contributed by atoms with Crippen molar-refractivity contribution >= 4 is 15.7 Å². The molecule has 1 aromatic rings. The molecule has 0 spiro atoms. The quantitative estimate of drug-likeness (QED) is 0.748. The first kappa shape index (κ1) is 12.7. The number of rotatable bonds is 1. The summed E-state index contributed by atoms with van der Waals surface area (Å²) >= 11 is 0. The summed E-state index contributed by atoms with van der Waals surface area (Å²) in [6.45, 7) is 0.273. The molecule has 18 heavy (non-hydrogen) atoms. The molecule has 7 heteroatoms. The van der Waals surface area contributed by atoms with E-state index in [-0.39, 0.29) is 41.7 Å². The van der Waals surface area contributed by atoms with Crippen LogP contribution in [-0.4, -0.2) is 54.0 Å². The Morgan fingerprint density at radius 2 is 1.56 bits per heavy atom. The molecule has 1 aliphatic rings. The van der Waals surface area contributed by atoms with Gasteiger partial charge in [-0.2, -0.15) is 0 Å². The number of amides is 1. The minimum absolute atomic E-state index is 0.0520. The number of hydrogen-bond donors (Lipinski definition) is 2. The lowest BCUT2D eigenvalue weighted by molar-refractivity contribution is 0.0769. The van der Waals surface area contributed by atoms with Crippen LogP contribution in [0.3, 0.4) is 0 Å². The lowest BCUT2D eigenvalue weighted by atomic mass is 10.1. The molecular formula is C11H13NO5S. The van der Waals surface area contributed by atoms with Crippen molar-refractivity contribution in [1.29, 1.82) is 0 Å².